The van der Waals surface area contributed by atoms with Crippen molar-refractivity contribution >= 4 is 29.2 Å². The monoisotopic (exact) mass is 470 g/mol. The zero-order chi connectivity index (χ0) is 24.3. The quantitative estimate of drug-likeness (QED) is 0.520. The normalized spacial score (nSPS) is 11.5. The van der Waals surface area contributed by atoms with Crippen LogP contribution in [0.15, 0.2) is 54.6 Å². The van der Waals surface area contributed by atoms with Crippen LogP contribution in [0.5, 0.6) is 0 Å². The highest BCUT2D eigenvalue weighted by atomic mass is 35.5. The maximum absolute atomic E-state index is 13.6. The molecule has 2 amide bonds. The Morgan fingerprint density at radius 1 is 1.12 bits per heavy atom. The lowest BCUT2D eigenvalue weighted by Crippen LogP contribution is -2.42. The summed E-state index contributed by atoms with van der Waals surface area (Å²) in [4.78, 5) is 27.3. The van der Waals surface area contributed by atoms with Gasteiger partial charge in [-0.25, -0.2) is 9.07 Å². The number of amides is 2. The van der Waals surface area contributed by atoms with E-state index < -0.39 is 11.7 Å². The summed E-state index contributed by atoms with van der Waals surface area (Å²) in [5.41, 5.74) is 1.48. The molecule has 0 unspecified atom stereocenters. The molecule has 3 rings (SSSR count). The van der Waals surface area contributed by atoms with E-state index in [4.69, 9.17) is 11.6 Å². The zero-order valence-electron chi connectivity index (χ0n) is 19.4. The predicted molar refractivity (Wildman–Crippen MR) is 128 cm³/mol. The Hall–Kier alpha value is -3.19. The van der Waals surface area contributed by atoms with Gasteiger partial charge in [0.05, 0.1) is 11.4 Å². The predicted octanol–water partition coefficient (Wildman–Crippen LogP) is 5.45. The van der Waals surface area contributed by atoms with Gasteiger partial charge in [-0.1, -0.05) is 38.4 Å². The molecule has 33 heavy (non-hydrogen) atoms. The summed E-state index contributed by atoms with van der Waals surface area (Å²) in [6, 6.07) is 14.1. The van der Waals surface area contributed by atoms with E-state index in [1.54, 1.807) is 30.7 Å². The van der Waals surface area contributed by atoms with E-state index in [1.807, 2.05) is 39.0 Å². The van der Waals surface area contributed by atoms with Crippen molar-refractivity contribution in [3.8, 4) is 5.69 Å². The third-order valence-electron chi connectivity index (χ3n) is 5.09. The van der Waals surface area contributed by atoms with Gasteiger partial charge in [-0.15, -0.1) is 0 Å². The van der Waals surface area contributed by atoms with Gasteiger partial charge in [0.2, 0.25) is 5.91 Å². The maximum atomic E-state index is 13.6. The van der Waals surface area contributed by atoms with Crippen LogP contribution in [-0.2, 0) is 10.2 Å². The topological polar surface area (TPSA) is 67.2 Å². The molecule has 0 aliphatic carbocycles. The molecule has 6 nitrogen and oxygen atoms in total. The summed E-state index contributed by atoms with van der Waals surface area (Å²) in [7, 11) is 0. The van der Waals surface area contributed by atoms with Gasteiger partial charge in [0.15, 0.2) is 0 Å². The van der Waals surface area contributed by atoms with Gasteiger partial charge in [-0.2, -0.15) is 5.10 Å². The van der Waals surface area contributed by atoms with E-state index in [0.717, 1.165) is 11.4 Å². The lowest BCUT2D eigenvalue weighted by atomic mass is 9.92. The Morgan fingerprint density at radius 3 is 2.36 bits per heavy atom. The van der Waals surface area contributed by atoms with Crippen LogP contribution in [0.3, 0.4) is 0 Å². The minimum absolute atomic E-state index is 0.191. The third-order valence-corrected chi connectivity index (χ3v) is 5.34. The molecule has 1 N–H and O–H groups in total. The fourth-order valence-corrected chi connectivity index (χ4v) is 3.36. The lowest BCUT2D eigenvalue weighted by Gasteiger charge is -2.26. The summed E-state index contributed by atoms with van der Waals surface area (Å²) in [5.74, 6) is -0.824. The summed E-state index contributed by atoms with van der Waals surface area (Å²) in [6.45, 7) is 9.52. The molecule has 0 saturated heterocycles. The van der Waals surface area contributed by atoms with Crippen LogP contribution in [0.25, 0.3) is 5.69 Å². The van der Waals surface area contributed by atoms with E-state index in [0.29, 0.717) is 10.8 Å². The Morgan fingerprint density at radius 2 is 1.79 bits per heavy atom. The second-order valence-corrected chi connectivity index (χ2v) is 9.57. The van der Waals surface area contributed by atoms with Crippen molar-refractivity contribution < 1.29 is 14.0 Å². The molecule has 2 aromatic carbocycles. The molecule has 0 aliphatic rings. The fraction of sp³-hybridized carbons (Fsp3) is 0.320. The molecule has 174 valence electrons. The van der Waals surface area contributed by atoms with Crippen LogP contribution in [-0.4, -0.2) is 39.1 Å². The number of carbonyl (C=O) groups excluding carboxylic acids is 2. The second kappa shape index (κ2) is 9.75. The number of benzene rings is 2. The van der Waals surface area contributed by atoms with E-state index in [2.05, 4.69) is 10.4 Å². The van der Waals surface area contributed by atoms with E-state index in [-0.39, 0.29) is 29.5 Å². The number of halogens is 2. The Kier molecular flexibility index (Phi) is 7.22. The molecule has 1 heterocycles. The first-order valence-electron chi connectivity index (χ1n) is 10.7. The van der Waals surface area contributed by atoms with Gasteiger partial charge in [0.25, 0.3) is 5.91 Å². The van der Waals surface area contributed by atoms with E-state index >= 15 is 0 Å². The van der Waals surface area contributed by atoms with Crippen molar-refractivity contribution in [1.29, 1.82) is 0 Å². The summed E-state index contributed by atoms with van der Waals surface area (Å²) in [5, 5.41) is 8.15. The molecule has 3 aromatic rings. The van der Waals surface area contributed by atoms with Crippen LogP contribution in [0, 0.1) is 5.82 Å². The molecular weight excluding hydrogens is 443 g/mol. The number of hydrogen-bond donors (Lipinski definition) is 1. The first-order chi connectivity index (χ1) is 15.5. The lowest BCUT2D eigenvalue weighted by molar-refractivity contribution is -0.117. The number of carbonyl (C=O) groups is 2. The van der Waals surface area contributed by atoms with Gasteiger partial charge >= 0.3 is 0 Å². The van der Waals surface area contributed by atoms with Crippen LogP contribution in [0.1, 0.15) is 50.7 Å². The van der Waals surface area contributed by atoms with Gasteiger partial charge in [-0.05, 0) is 56.3 Å². The molecule has 0 radical (unpaired) electrons. The minimum Gasteiger partial charge on any atom is -0.327 e. The largest absolute Gasteiger partial charge is 0.327 e. The third kappa shape index (κ3) is 5.99. The van der Waals surface area contributed by atoms with E-state index in [9.17, 15) is 14.0 Å². The van der Waals surface area contributed by atoms with Crippen molar-refractivity contribution in [2.75, 3.05) is 11.9 Å². The molecule has 0 atom stereocenters. The molecule has 1 aromatic heterocycles. The molecule has 0 spiro atoms. The standard InChI is InChI=1S/C25H28ClFN4O2/c1-16(2)30(24(33)17-7-6-8-19(27)13-17)15-23(32)28-22-14-21(25(3,4)5)29-31(22)20-11-9-18(26)10-12-20/h6-14,16H,15H2,1-5H3,(H,28,32). The smallest absolute Gasteiger partial charge is 0.254 e. The van der Waals surface area contributed by atoms with Crippen molar-refractivity contribution in [3.05, 3.63) is 76.7 Å². The Labute approximate surface area is 198 Å². The van der Waals surface area contributed by atoms with Gasteiger partial charge in [0, 0.05) is 28.1 Å². The number of anilines is 1. The Balaban J connectivity index is 1.87. The maximum Gasteiger partial charge on any atom is 0.254 e. The highest BCUT2D eigenvalue weighted by molar-refractivity contribution is 6.30. The van der Waals surface area contributed by atoms with Crippen molar-refractivity contribution in [3.63, 3.8) is 0 Å². The van der Waals surface area contributed by atoms with Crippen LogP contribution in [0.2, 0.25) is 5.02 Å². The highest BCUT2D eigenvalue weighted by Crippen LogP contribution is 2.27. The average Bonchev–Trinajstić information content (AvgIpc) is 3.16. The van der Waals surface area contributed by atoms with Crippen molar-refractivity contribution in [1.82, 2.24) is 14.7 Å². The van der Waals surface area contributed by atoms with Crippen LogP contribution in [0.4, 0.5) is 10.2 Å². The first kappa shape index (κ1) is 24.5. The van der Waals surface area contributed by atoms with Crippen LogP contribution >= 0.6 is 11.6 Å². The molecule has 8 heteroatoms. The summed E-state index contributed by atoms with van der Waals surface area (Å²) >= 11 is 6.02. The summed E-state index contributed by atoms with van der Waals surface area (Å²) in [6.07, 6.45) is 0. The van der Waals surface area contributed by atoms with E-state index in [1.165, 1.54) is 29.2 Å². The van der Waals surface area contributed by atoms with Crippen LogP contribution < -0.4 is 5.32 Å². The number of nitrogens with one attached hydrogen (secondary N) is 1. The number of rotatable bonds is 6. The SMILES string of the molecule is CC(C)N(CC(=O)Nc1cc(C(C)(C)C)nn1-c1ccc(Cl)cc1)C(=O)c1cccc(F)c1. The fourth-order valence-electron chi connectivity index (χ4n) is 3.23. The van der Waals surface area contributed by atoms with Gasteiger partial charge in [0.1, 0.15) is 18.2 Å². The zero-order valence-corrected chi connectivity index (χ0v) is 20.2. The molecular formula is C25H28ClFN4O2. The summed E-state index contributed by atoms with van der Waals surface area (Å²) < 4.78 is 15.2. The average molecular weight is 471 g/mol. The number of hydrogen-bond acceptors (Lipinski definition) is 3. The number of aromatic nitrogens is 2. The van der Waals surface area contributed by atoms with Gasteiger partial charge in [-0.3, -0.25) is 9.59 Å². The molecule has 0 aliphatic heterocycles. The minimum atomic E-state index is -0.504. The Bertz CT molecular complexity index is 1150. The van der Waals surface area contributed by atoms with Crippen molar-refractivity contribution in [2.24, 2.45) is 0 Å². The highest BCUT2D eigenvalue weighted by Gasteiger charge is 2.25. The van der Waals surface area contributed by atoms with Gasteiger partial charge < -0.3 is 10.2 Å². The molecule has 0 bridgehead atoms. The second-order valence-electron chi connectivity index (χ2n) is 9.14. The number of nitrogens with zero attached hydrogens (tertiary/aromatic N) is 3. The molecule has 0 saturated carbocycles. The first-order valence-corrected chi connectivity index (χ1v) is 11.1. The molecule has 0 fully saturated rings. The van der Waals surface area contributed by atoms with Crippen molar-refractivity contribution in [2.45, 2.75) is 46.1 Å².